The molecule has 6 nitrogen and oxygen atoms in total. The average molecular weight is 531 g/mol. The standard InChI is InChI=1S/C26H22F4N4O2S/c1-25(2)23(36)33(17-7-6-15(11-31)19(9-17)26(28,29)30)24(37)34(25)21-10-18-16(8-20(21)27)13-32(22(18)35)12-14-4-3-5-14/h6-10,14H,3-5,12-13H2,1-2H3. The molecule has 5 rings (SSSR count). The first-order valence-electron chi connectivity index (χ1n) is 11.8. The molecule has 0 aromatic heterocycles. The van der Waals surface area contributed by atoms with Crippen molar-refractivity contribution in [2.75, 3.05) is 16.3 Å². The van der Waals surface area contributed by atoms with E-state index in [0.717, 1.165) is 30.2 Å². The Labute approximate surface area is 216 Å². The van der Waals surface area contributed by atoms with E-state index < -0.39 is 34.6 Å². The molecule has 0 N–H and O–H groups in total. The quantitative estimate of drug-likeness (QED) is 0.392. The monoisotopic (exact) mass is 530 g/mol. The van der Waals surface area contributed by atoms with Gasteiger partial charge in [0, 0.05) is 18.7 Å². The second-order valence-corrected chi connectivity index (χ2v) is 10.5. The van der Waals surface area contributed by atoms with E-state index >= 15 is 4.39 Å². The maximum atomic E-state index is 15.4. The van der Waals surface area contributed by atoms with Gasteiger partial charge in [-0.25, -0.2) is 4.39 Å². The summed E-state index contributed by atoms with van der Waals surface area (Å²) in [4.78, 5) is 30.3. The Morgan fingerprint density at radius 1 is 1.16 bits per heavy atom. The molecular weight excluding hydrogens is 508 g/mol. The van der Waals surface area contributed by atoms with E-state index in [1.54, 1.807) is 4.90 Å². The van der Waals surface area contributed by atoms with Gasteiger partial charge in [0.1, 0.15) is 11.4 Å². The van der Waals surface area contributed by atoms with Gasteiger partial charge in [0.25, 0.3) is 11.8 Å². The molecule has 2 heterocycles. The van der Waals surface area contributed by atoms with Crippen molar-refractivity contribution in [1.29, 1.82) is 5.26 Å². The van der Waals surface area contributed by atoms with Gasteiger partial charge in [-0.15, -0.1) is 0 Å². The highest BCUT2D eigenvalue weighted by Crippen LogP contribution is 2.42. The largest absolute Gasteiger partial charge is 0.417 e. The fourth-order valence-electron chi connectivity index (χ4n) is 5.12. The summed E-state index contributed by atoms with van der Waals surface area (Å²) in [6.45, 7) is 3.86. The molecular formula is C26H22F4N4O2S. The van der Waals surface area contributed by atoms with E-state index in [-0.39, 0.29) is 22.4 Å². The number of anilines is 2. The normalized spacial score (nSPS) is 19.4. The molecule has 3 aliphatic rings. The minimum atomic E-state index is -4.83. The molecule has 2 aliphatic heterocycles. The second-order valence-electron chi connectivity index (χ2n) is 10.1. The van der Waals surface area contributed by atoms with Crippen molar-refractivity contribution in [2.45, 2.75) is 51.4 Å². The van der Waals surface area contributed by atoms with Crippen molar-refractivity contribution in [3.8, 4) is 6.07 Å². The maximum absolute atomic E-state index is 15.4. The van der Waals surface area contributed by atoms with Gasteiger partial charge in [0.2, 0.25) is 0 Å². The van der Waals surface area contributed by atoms with E-state index in [4.69, 9.17) is 17.5 Å². The molecule has 1 aliphatic carbocycles. The molecule has 0 atom stereocenters. The minimum absolute atomic E-state index is 0.104. The van der Waals surface area contributed by atoms with Crippen LogP contribution in [0.25, 0.3) is 0 Å². The molecule has 2 amide bonds. The summed E-state index contributed by atoms with van der Waals surface area (Å²) in [6, 6.07) is 6.98. The number of hydrogen-bond acceptors (Lipinski definition) is 4. The van der Waals surface area contributed by atoms with Crippen molar-refractivity contribution < 1.29 is 27.2 Å². The van der Waals surface area contributed by atoms with Crippen LogP contribution in [0.2, 0.25) is 0 Å². The first-order chi connectivity index (χ1) is 17.3. The Morgan fingerprint density at radius 3 is 2.46 bits per heavy atom. The lowest BCUT2D eigenvalue weighted by Gasteiger charge is -2.30. The zero-order chi connectivity index (χ0) is 26.9. The van der Waals surface area contributed by atoms with Gasteiger partial charge < -0.3 is 9.80 Å². The third-order valence-electron chi connectivity index (χ3n) is 7.35. The van der Waals surface area contributed by atoms with Crippen LogP contribution in [0.4, 0.5) is 28.9 Å². The highest BCUT2D eigenvalue weighted by atomic mass is 32.1. The summed E-state index contributed by atoms with van der Waals surface area (Å²) < 4.78 is 56.1. The lowest BCUT2D eigenvalue weighted by atomic mass is 9.85. The number of nitriles is 1. The van der Waals surface area contributed by atoms with E-state index in [1.165, 1.54) is 43.0 Å². The van der Waals surface area contributed by atoms with Crippen LogP contribution in [-0.4, -0.2) is 33.9 Å². The summed E-state index contributed by atoms with van der Waals surface area (Å²) >= 11 is 5.49. The lowest BCUT2D eigenvalue weighted by molar-refractivity contribution is -0.137. The Kier molecular flexibility index (Phi) is 5.79. The van der Waals surface area contributed by atoms with Gasteiger partial charge in [0.15, 0.2) is 5.11 Å². The number of carbonyl (C=O) groups excluding carboxylic acids is 2. The summed E-state index contributed by atoms with van der Waals surface area (Å²) in [6.07, 6.45) is -1.59. The van der Waals surface area contributed by atoms with Crippen LogP contribution in [0.5, 0.6) is 0 Å². The molecule has 2 aromatic rings. The number of benzene rings is 2. The average Bonchev–Trinajstić information content (AvgIpc) is 3.18. The van der Waals surface area contributed by atoms with Crippen LogP contribution < -0.4 is 9.80 Å². The smallest absolute Gasteiger partial charge is 0.334 e. The Bertz CT molecular complexity index is 1390. The first-order valence-corrected chi connectivity index (χ1v) is 12.2. The number of carbonyl (C=O) groups is 2. The van der Waals surface area contributed by atoms with Crippen molar-refractivity contribution in [1.82, 2.24) is 4.90 Å². The van der Waals surface area contributed by atoms with Gasteiger partial charge in [-0.1, -0.05) is 6.42 Å². The van der Waals surface area contributed by atoms with Gasteiger partial charge in [-0.05, 0) is 80.7 Å². The van der Waals surface area contributed by atoms with Crippen molar-refractivity contribution >= 4 is 40.5 Å². The summed E-state index contributed by atoms with van der Waals surface area (Å²) in [5.41, 5.74) is -2.71. The number of halogens is 4. The van der Waals surface area contributed by atoms with Crippen LogP contribution >= 0.6 is 12.2 Å². The predicted octanol–water partition coefficient (Wildman–Crippen LogP) is 5.39. The Morgan fingerprint density at radius 2 is 1.86 bits per heavy atom. The highest BCUT2D eigenvalue weighted by molar-refractivity contribution is 7.81. The molecule has 1 saturated heterocycles. The molecule has 37 heavy (non-hydrogen) atoms. The van der Waals surface area contributed by atoms with Crippen LogP contribution in [0.15, 0.2) is 30.3 Å². The molecule has 0 unspecified atom stereocenters. The minimum Gasteiger partial charge on any atom is -0.334 e. The number of fused-ring (bicyclic) bond motifs is 1. The summed E-state index contributed by atoms with van der Waals surface area (Å²) in [5, 5.41) is 8.86. The van der Waals surface area contributed by atoms with Gasteiger partial charge in [0.05, 0.1) is 28.6 Å². The van der Waals surface area contributed by atoms with E-state index in [0.29, 0.717) is 36.2 Å². The number of amides is 2. The number of thiocarbonyl (C=S) groups is 1. The topological polar surface area (TPSA) is 67.7 Å². The van der Waals surface area contributed by atoms with E-state index in [9.17, 15) is 22.8 Å². The summed E-state index contributed by atoms with van der Waals surface area (Å²) in [7, 11) is 0. The second kappa shape index (κ2) is 8.52. The fourth-order valence-corrected chi connectivity index (χ4v) is 5.63. The van der Waals surface area contributed by atoms with Gasteiger partial charge in [-0.2, -0.15) is 18.4 Å². The molecule has 0 spiro atoms. The molecule has 11 heteroatoms. The van der Waals surface area contributed by atoms with Crippen molar-refractivity contribution in [3.63, 3.8) is 0 Å². The fraction of sp³-hybridized carbons (Fsp3) is 0.385. The Hall–Kier alpha value is -3.52. The third kappa shape index (κ3) is 3.94. The zero-order valence-corrected chi connectivity index (χ0v) is 20.8. The van der Waals surface area contributed by atoms with Crippen LogP contribution in [0.1, 0.15) is 60.2 Å². The zero-order valence-electron chi connectivity index (χ0n) is 20.0. The van der Waals surface area contributed by atoms with Crippen molar-refractivity contribution in [3.05, 3.63) is 58.4 Å². The molecule has 0 bridgehead atoms. The van der Waals surface area contributed by atoms with Gasteiger partial charge in [-0.3, -0.25) is 14.5 Å². The third-order valence-corrected chi connectivity index (χ3v) is 7.72. The molecule has 2 aromatic carbocycles. The number of nitrogens with zero attached hydrogens (tertiary/aromatic N) is 4. The molecule has 0 radical (unpaired) electrons. The number of rotatable bonds is 4. The van der Waals surface area contributed by atoms with Crippen molar-refractivity contribution in [2.24, 2.45) is 5.92 Å². The molecule has 192 valence electrons. The summed E-state index contributed by atoms with van der Waals surface area (Å²) in [5.74, 6) is -1.16. The highest BCUT2D eigenvalue weighted by Gasteiger charge is 2.52. The molecule has 2 fully saturated rings. The maximum Gasteiger partial charge on any atom is 0.417 e. The lowest BCUT2D eigenvalue weighted by Crippen LogP contribution is -2.45. The van der Waals surface area contributed by atoms with Gasteiger partial charge >= 0.3 is 6.18 Å². The number of alkyl halides is 3. The molecule has 1 saturated carbocycles. The van der Waals surface area contributed by atoms with Crippen LogP contribution in [-0.2, 0) is 17.5 Å². The van der Waals surface area contributed by atoms with E-state index in [2.05, 4.69) is 0 Å². The first kappa shape index (κ1) is 25.1. The Balaban J connectivity index is 1.53. The van der Waals surface area contributed by atoms with Crippen LogP contribution in [0.3, 0.4) is 0 Å². The van der Waals surface area contributed by atoms with E-state index in [1.807, 2.05) is 0 Å². The predicted molar refractivity (Wildman–Crippen MR) is 131 cm³/mol. The SMILES string of the molecule is CC1(C)C(=O)N(c2ccc(C#N)c(C(F)(F)F)c2)C(=S)N1c1cc2c(cc1F)CN(CC1CCC1)C2=O. The van der Waals surface area contributed by atoms with Crippen LogP contribution in [0, 0.1) is 23.1 Å². The number of hydrogen-bond donors (Lipinski definition) is 0.